The predicted molar refractivity (Wildman–Crippen MR) is 271 cm³/mol. The summed E-state index contributed by atoms with van der Waals surface area (Å²) in [5.74, 6) is -0.410. The van der Waals surface area contributed by atoms with E-state index in [1.165, 1.54) is 148 Å². The third-order valence-electron chi connectivity index (χ3n) is 12.5. The van der Waals surface area contributed by atoms with E-state index in [1.54, 1.807) is 0 Å². The lowest BCUT2D eigenvalue weighted by Gasteiger charge is -2.41. The highest BCUT2D eigenvalue weighted by molar-refractivity contribution is 7.80. The molecule has 1 aliphatic heterocycles. The van der Waals surface area contributed by atoms with Crippen molar-refractivity contribution in [3.05, 3.63) is 36.5 Å². The SMILES string of the molecule is CCCCCC/C=C\C/C=C\CCCCCCCC(=O)OC(COCCCCCCCCCCCCCC/C=C\CCCCCCCCCC)COC1OC(CO)C(O)C(OS(=O)(=O)O)C1O. The largest absolute Gasteiger partial charge is 0.457 e. The zero-order valence-corrected chi connectivity index (χ0v) is 43.3. The molecule has 6 unspecified atom stereocenters. The summed E-state index contributed by atoms with van der Waals surface area (Å²) in [5, 5.41) is 30.8. The summed E-state index contributed by atoms with van der Waals surface area (Å²) in [6.45, 7) is 3.99. The fourth-order valence-corrected chi connectivity index (χ4v) is 8.85. The quantitative estimate of drug-likeness (QED) is 0.0197. The van der Waals surface area contributed by atoms with Crippen molar-refractivity contribution in [1.82, 2.24) is 0 Å². The number of allylic oxidation sites excluding steroid dienone is 6. The van der Waals surface area contributed by atoms with Crippen LogP contribution in [0.4, 0.5) is 0 Å². The van der Waals surface area contributed by atoms with Crippen LogP contribution in [0.3, 0.4) is 0 Å². The van der Waals surface area contributed by atoms with Gasteiger partial charge in [0, 0.05) is 13.0 Å². The third-order valence-corrected chi connectivity index (χ3v) is 13.0. The van der Waals surface area contributed by atoms with E-state index in [2.05, 4.69) is 54.5 Å². The van der Waals surface area contributed by atoms with E-state index in [1.807, 2.05) is 0 Å². The van der Waals surface area contributed by atoms with Gasteiger partial charge in [-0.1, -0.05) is 198 Å². The number of carbonyl (C=O) groups is 1. The molecule has 1 saturated heterocycles. The second-order valence-corrected chi connectivity index (χ2v) is 19.9. The molecule has 6 atom stereocenters. The Labute approximate surface area is 409 Å². The number of rotatable bonds is 48. The molecular weight excluding hydrogens is 873 g/mol. The maximum atomic E-state index is 12.9. The average Bonchev–Trinajstić information content (AvgIpc) is 3.30. The van der Waals surface area contributed by atoms with E-state index in [0.717, 1.165) is 64.2 Å². The highest BCUT2D eigenvalue weighted by Gasteiger charge is 2.48. The molecule has 0 aromatic carbocycles. The van der Waals surface area contributed by atoms with Crippen LogP contribution in [0.2, 0.25) is 0 Å². The molecule has 12 nitrogen and oxygen atoms in total. The van der Waals surface area contributed by atoms with Gasteiger partial charge in [-0.2, -0.15) is 8.42 Å². The summed E-state index contributed by atoms with van der Waals surface area (Å²) in [7, 11) is -5.07. The molecule has 0 amide bonds. The van der Waals surface area contributed by atoms with Gasteiger partial charge >= 0.3 is 16.4 Å². The summed E-state index contributed by atoms with van der Waals surface area (Å²) >= 11 is 0. The standard InChI is InChI=1S/C54H100O12S/c1-3-5-7-9-11-13-15-17-19-21-22-23-24-25-26-27-28-30-32-34-36-38-40-42-44-62-46-48(47-63-54-52(58)53(66-67(59,60)61)51(57)49(45-55)65-54)64-50(56)43-41-39-37-35-33-31-29-20-18-16-14-12-10-8-6-4-2/h14,16,20-22,29,48-49,51-55,57-58H,3-13,15,17-19,23-28,30-47H2,1-2H3,(H,59,60,61)/b16-14-,22-21-,29-20-. The number of unbranched alkanes of at least 4 members (excludes halogenated alkanes) is 29. The molecule has 1 rings (SSSR count). The van der Waals surface area contributed by atoms with Crippen molar-refractivity contribution >= 4 is 16.4 Å². The monoisotopic (exact) mass is 973 g/mol. The molecule has 0 radical (unpaired) electrons. The first-order chi connectivity index (χ1) is 32.6. The summed E-state index contributed by atoms with van der Waals surface area (Å²) in [6, 6.07) is 0. The van der Waals surface area contributed by atoms with Crippen molar-refractivity contribution < 1.29 is 56.2 Å². The van der Waals surface area contributed by atoms with Crippen LogP contribution in [-0.2, 0) is 38.3 Å². The van der Waals surface area contributed by atoms with Gasteiger partial charge in [-0.3, -0.25) is 9.35 Å². The van der Waals surface area contributed by atoms with Crippen molar-refractivity contribution in [3.63, 3.8) is 0 Å². The summed E-state index contributed by atoms with van der Waals surface area (Å²) < 4.78 is 59.3. The van der Waals surface area contributed by atoms with Crippen LogP contribution in [0.15, 0.2) is 36.5 Å². The second kappa shape index (κ2) is 45.5. The van der Waals surface area contributed by atoms with Gasteiger partial charge in [-0.25, -0.2) is 4.18 Å². The van der Waals surface area contributed by atoms with Gasteiger partial charge in [0.15, 0.2) is 6.29 Å². The Kier molecular flexibility index (Phi) is 43.0. The van der Waals surface area contributed by atoms with Gasteiger partial charge in [0.2, 0.25) is 0 Å². The Morgan fingerprint density at radius 1 is 0.567 bits per heavy atom. The van der Waals surface area contributed by atoms with Gasteiger partial charge in [0.25, 0.3) is 0 Å². The zero-order chi connectivity index (χ0) is 48.9. The van der Waals surface area contributed by atoms with Gasteiger partial charge in [0.1, 0.15) is 30.5 Å². The molecule has 394 valence electrons. The maximum Gasteiger partial charge on any atom is 0.397 e. The number of hydrogen-bond donors (Lipinski definition) is 4. The van der Waals surface area contributed by atoms with E-state index in [9.17, 15) is 33.1 Å². The summed E-state index contributed by atoms with van der Waals surface area (Å²) in [5.41, 5.74) is 0. The predicted octanol–water partition coefficient (Wildman–Crippen LogP) is 12.9. The fourth-order valence-electron chi connectivity index (χ4n) is 8.35. The van der Waals surface area contributed by atoms with Gasteiger partial charge < -0.3 is 34.3 Å². The first kappa shape index (κ1) is 63.3. The van der Waals surface area contributed by atoms with Gasteiger partial charge in [-0.05, 0) is 70.6 Å². The number of aliphatic hydroxyl groups excluding tert-OH is 3. The lowest BCUT2D eigenvalue weighted by molar-refractivity contribution is -0.301. The van der Waals surface area contributed by atoms with Crippen LogP contribution < -0.4 is 0 Å². The normalized spacial score (nSPS) is 19.6. The maximum absolute atomic E-state index is 12.9. The number of esters is 1. The molecule has 0 aliphatic carbocycles. The van der Waals surface area contributed by atoms with Crippen LogP contribution >= 0.6 is 0 Å². The minimum atomic E-state index is -5.07. The lowest BCUT2D eigenvalue weighted by Crippen LogP contribution is -2.60. The summed E-state index contributed by atoms with van der Waals surface area (Å²) in [4.78, 5) is 12.9. The minimum absolute atomic E-state index is 0.0316. The van der Waals surface area contributed by atoms with Crippen LogP contribution in [0.1, 0.15) is 239 Å². The molecule has 0 aromatic rings. The van der Waals surface area contributed by atoms with E-state index in [4.69, 9.17) is 18.9 Å². The zero-order valence-electron chi connectivity index (χ0n) is 42.5. The second-order valence-electron chi connectivity index (χ2n) is 18.8. The van der Waals surface area contributed by atoms with E-state index < -0.39 is 59.8 Å². The van der Waals surface area contributed by atoms with Crippen LogP contribution in [0.25, 0.3) is 0 Å². The van der Waals surface area contributed by atoms with Crippen LogP contribution in [-0.4, -0.2) is 97.5 Å². The molecular formula is C54H100O12S. The van der Waals surface area contributed by atoms with Crippen LogP contribution in [0.5, 0.6) is 0 Å². The van der Waals surface area contributed by atoms with Crippen molar-refractivity contribution in [1.29, 1.82) is 0 Å². The van der Waals surface area contributed by atoms with E-state index >= 15 is 0 Å². The average molecular weight is 973 g/mol. The number of carbonyl (C=O) groups excluding carboxylic acids is 1. The Balaban J connectivity index is 2.31. The van der Waals surface area contributed by atoms with E-state index in [-0.39, 0.29) is 19.6 Å². The molecule has 4 N–H and O–H groups in total. The molecule has 1 aliphatic rings. The Morgan fingerprint density at radius 2 is 0.985 bits per heavy atom. The van der Waals surface area contributed by atoms with Crippen molar-refractivity contribution in [3.8, 4) is 0 Å². The highest BCUT2D eigenvalue weighted by Crippen LogP contribution is 2.26. The summed E-state index contributed by atoms with van der Waals surface area (Å²) in [6.07, 6.45) is 46.1. The fraction of sp³-hybridized carbons (Fsp3) is 0.870. The topological polar surface area (TPSA) is 178 Å². The lowest BCUT2D eigenvalue weighted by atomic mass is 9.99. The smallest absolute Gasteiger partial charge is 0.397 e. The Hall–Kier alpha value is -1.68. The molecule has 0 saturated carbocycles. The highest BCUT2D eigenvalue weighted by atomic mass is 32.3. The molecule has 0 aromatic heterocycles. The van der Waals surface area contributed by atoms with Crippen molar-refractivity contribution in [2.45, 2.75) is 275 Å². The van der Waals surface area contributed by atoms with Gasteiger partial charge in [0.05, 0.1) is 19.8 Å². The number of aliphatic hydroxyl groups is 3. The molecule has 13 heteroatoms. The van der Waals surface area contributed by atoms with Crippen LogP contribution in [0, 0.1) is 0 Å². The molecule has 1 heterocycles. The molecule has 67 heavy (non-hydrogen) atoms. The number of ether oxygens (including phenoxy) is 4. The first-order valence-electron chi connectivity index (χ1n) is 27.2. The molecule has 0 bridgehead atoms. The van der Waals surface area contributed by atoms with Gasteiger partial charge in [-0.15, -0.1) is 0 Å². The minimum Gasteiger partial charge on any atom is -0.457 e. The van der Waals surface area contributed by atoms with Crippen molar-refractivity contribution in [2.75, 3.05) is 26.4 Å². The third kappa shape index (κ3) is 38.7. The first-order valence-corrected chi connectivity index (χ1v) is 28.6. The Morgan fingerprint density at radius 3 is 1.45 bits per heavy atom. The number of hydrogen-bond acceptors (Lipinski definition) is 11. The van der Waals surface area contributed by atoms with E-state index in [0.29, 0.717) is 13.0 Å². The van der Waals surface area contributed by atoms with Crippen molar-refractivity contribution in [2.24, 2.45) is 0 Å². The molecule has 1 fully saturated rings. The molecule has 0 spiro atoms. The Bertz CT molecular complexity index is 1310.